The van der Waals surface area contributed by atoms with Crippen LogP contribution < -0.4 is 14.2 Å². The maximum absolute atomic E-state index is 12.0. The second kappa shape index (κ2) is 7.75. The van der Waals surface area contributed by atoms with Crippen LogP contribution in [-0.4, -0.2) is 47.4 Å². The number of carboxylic acid groups (broad SMARTS) is 1. The average Bonchev–Trinajstić information content (AvgIpc) is 3.22. The standard InChI is InChI=1S/C22H19N3O5/c1-28-16-11-18(30-3)17(29-2)10-13(16)15-9-14(22(26)27)19-21(23-15)25-20(24-19)12-7-5-4-6-8-12/h4-11H,1-3H3,(H,26,27)(H,23,24,25). The van der Waals surface area contributed by atoms with Gasteiger partial charge in [0.1, 0.15) is 11.6 Å². The zero-order valence-corrected chi connectivity index (χ0v) is 16.6. The van der Waals surface area contributed by atoms with Gasteiger partial charge in [0.2, 0.25) is 0 Å². The van der Waals surface area contributed by atoms with Crippen LogP contribution in [0.4, 0.5) is 0 Å². The van der Waals surface area contributed by atoms with Crippen molar-refractivity contribution in [2.24, 2.45) is 0 Å². The van der Waals surface area contributed by atoms with Crippen LogP contribution in [0, 0.1) is 0 Å². The Bertz CT molecular complexity index is 1230. The molecule has 0 saturated heterocycles. The third kappa shape index (κ3) is 3.28. The number of aromatic amines is 1. The van der Waals surface area contributed by atoms with Crippen LogP contribution in [0.1, 0.15) is 10.4 Å². The van der Waals surface area contributed by atoms with Gasteiger partial charge in [-0.1, -0.05) is 30.3 Å². The lowest BCUT2D eigenvalue weighted by Gasteiger charge is -2.14. The first-order valence-corrected chi connectivity index (χ1v) is 9.05. The molecule has 2 heterocycles. The number of aromatic nitrogens is 3. The van der Waals surface area contributed by atoms with Crippen molar-refractivity contribution in [1.29, 1.82) is 0 Å². The van der Waals surface area contributed by atoms with E-state index in [4.69, 9.17) is 14.2 Å². The summed E-state index contributed by atoms with van der Waals surface area (Å²) in [5, 5.41) is 9.79. The largest absolute Gasteiger partial charge is 0.496 e. The molecule has 0 spiro atoms. The number of fused-ring (bicyclic) bond motifs is 1. The van der Waals surface area contributed by atoms with Crippen molar-refractivity contribution >= 4 is 17.1 Å². The van der Waals surface area contributed by atoms with Crippen molar-refractivity contribution in [3.63, 3.8) is 0 Å². The van der Waals surface area contributed by atoms with Gasteiger partial charge in [-0.3, -0.25) is 0 Å². The molecule has 0 atom stereocenters. The SMILES string of the molecule is COc1cc(OC)c(-c2cc(C(=O)O)c3[nH]c(-c4ccccc4)nc3n2)cc1OC. The van der Waals surface area contributed by atoms with Crippen molar-refractivity contribution in [3.8, 4) is 39.9 Å². The highest BCUT2D eigenvalue weighted by atomic mass is 16.5. The van der Waals surface area contributed by atoms with E-state index in [-0.39, 0.29) is 5.56 Å². The van der Waals surface area contributed by atoms with Crippen LogP contribution in [0.15, 0.2) is 48.5 Å². The van der Waals surface area contributed by atoms with Gasteiger partial charge in [0, 0.05) is 17.2 Å². The lowest BCUT2D eigenvalue weighted by atomic mass is 10.1. The van der Waals surface area contributed by atoms with Crippen molar-refractivity contribution in [1.82, 2.24) is 15.0 Å². The van der Waals surface area contributed by atoms with E-state index >= 15 is 0 Å². The summed E-state index contributed by atoms with van der Waals surface area (Å²) in [5.41, 5.74) is 2.48. The Morgan fingerprint density at radius 1 is 0.900 bits per heavy atom. The van der Waals surface area contributed by atoms with Gasteiger partial charge in [0.15, 0.2) is 17.1 Å². The average molecular weight is 405 g/mol. The van der Waals surface area contributed by atoms with Gasteiger partial charge >= 0.3 is 5.97 Å². The molecule has 4 rings (SSSR count). The van der Waals surface area contributed by atoms with Crippen molar-refractivity contribution in [2.75, 3.05) is 21.3 Å². The number of carboxylic acids is 1. The normalized spacial score (nSPS) is 10.8. The van der Waals surface area contributed by atoms with Gasteiger partial charge < -0.3 is 24.3 Å². The third-order valence-electron chi connectivity index (χ3n) is 4.72. The topological polar surface area (TPSA) is 107 Å². The van der Waals surface area contributed by atoms with Crippen molar-refractivity contribution in [2.45, 2.75) is 0 Å². The van der Waals surface area contributed by atoms with Crippen LogP contribution in [0.25, 0.3) is 33.8 Å². The quantitative estimate of drug-likeness (QED) is 0.499. The summed E-state index contributed by atoms with van der Waals surface area (Å²) in [5.74, 6) is 0.876. The molecule has 0 saturated carbocycles. The van der Waals surface area contributed by atoms with Crippen LogP contribution in [0.3, 0.4) is 0 Å². The first-order valence-electron chi connectivity index (χ1n) is 9.05. The molecule has 8 nitrogen and oxygen atoms in total. The third-order valence-corrected chi connectivity index (χ3v) is 4.72. The number of nitrogens with one attached hydrogen (secondary N) is 1. The molecule has 0 aliphatic rings. The first kappa shape index (κ1) is 19.3. The number of nitrogens with zero attached hydrogens (tertiary/aromatic N) is 2. The van der Waals surface area contributed by atoms with E-state index in [9.17, 15) is 9.90 Å². The fourth-order valence-electron chi connectivity index (χ4n) is 3.26. The van der Waals surface area contributed by atoms with Gasteiger partial charge in [-0.05, 0) is 12.1 Å². The lowest BCUT2D eigenvalue weighted by Crippen LogP contribution is -2.01. The Labute approximate surface area is 172 Å². The maximum atomic E-state index is 12.0. The van der Waals surface area contributed by atoms with E-state index in [1.165, 1.54) is 27.4 Å². The predicted molar refractivity (Wildman–Crippen MR) is 111 cm³/mol. The molecule has 152 valence electrons. The number of pyridine rings is 1. The molecule has 0 aliphatic carbocycles. The molecule has 2 aromatic carbocycles. The zero-order chi connectivity index (χ0) is 21.3. The number of imidazole rings is 1. The smallest absolute Gasteiger partial charge is 0.338 e. The molecule has 0 amide bonds. The molecule has 0 aliphatic heterocycles. The summed E-state index contributed by atoms with van der Waals surface area (Å²) in [6.07, 6.45) is 0. The number of rotatable bonds is 6. The highest BCUT2D eigenvalue weighted by Crippen LogP contribution is 2.40. The minimum Gasteiger partial charge on any atom is -0.496 e. The number of benzene rings is 2. The molecule has 0 unspecified atom stereocenters. The van der Waals surface area contributed by atoms with Crippen LogP contribution in [0.5, 0.6) is 17.2 Å². The van der Waals surface area contributed by atoms with Crippen LogP contribution >= 0.6 is 0 Å². The molecular formula is C22H19N3O5. The molecule has 4 aromatic rings. The number of hydrogen-bond acceptors (Lipinski definition) is 6. The maximum Gasteiger partial charge on any atom is 0.338 e. The lowest BCUT2D eigenvalue weighted by molar-refractivity contribution is 0.0699. The van der Waals surface area contributed by atoms with E-state index < -0.39 is 5.97 Å². The highest BCUT2D eigenvalue weighted by Gasteiger charge is 2.20. The number of ether oxygens (including phenoxy) is 3. The monoisotopic (exact) mass is 405 g/mol. The molecule has 2 N–H and O–H groups in total. The molecule has 0 bridgehead atoms. The molecular weight excluding hydrogens is 386 g/mol. The first-order chi connectivity index (χ1) is 14.5. The van der Waals surface area contributed by atoms with E-state index in [2.05, 4.69) is 15.0 Å². The Kier molecular flexibility index (Phi) is 4.97. The fourth-order valence-corrected chi connectivity index (χ4v) is 3.26. The summed E-state index contributed by atoms with van der Waals surface area (Å²) in [6, 6.07) is 14.3. The predicted octanol–water partition coefficient (Wildman–Crippen LogP) is 4.02. The fraction of sp³-hybridized carbons (Fsp3) is 0.136. The number of aromatic carboxylic acids is 1. The summed E-state index contributed by atoms with van der Waals surface area (Å²) < 4.78 is 16.2. The Morgan fingerprint density at radius 2 is 1.57 bits per heavy atom. The Hall–Kier alpha value is -4.07. The van der Waals surface area contributed by atoms with E-state index in [0.717, 1.165) is 5.56 Å². The number of H-pyrrole nitrogens is 1. The Balaban J connectivity index is 1.95. The van der Waals surface area contributed by atoms with E-state index in [1.54, 1.807) is 12.1 Å². The zero-order valence-electron chi connectivity index (χ0n) is 16.6. The minimum atomic E-state index is -1.09. The summed E-state index contributed by atoms with van der Waals surface area (Å²) >= 11 is 0. The second-order valence-electron chi connectivity index (χ2n) is 6.42. The molecule has 30 heavy (non-hydrogen) atoms. The minimum absolute atomic E-state index is 0.0570. The number of methoxy groups -OCH3 is 3. The second-order valence-corrected chi connectivity index (χ2v) is 6.42. The van der Waals surface area contributed by atoms with Gasteiger partial charge in [0.25, 0.3) is 0 Å². The van der Waals surface area contributed by atoms with Crippen LogP contribution in [0.2, 0.25) is 0 Å². The summed E-state index contributed by atoms with van der Waals surface area (Å²) in [7, 11) is 4.56. The van der Waals surface area contributed by atoms with E-state index in [1.807, 2.05) is 30.3 Å². The number of carbonyl (C=O) groups is 1. The summed E-state index contributed by atoms with van der Waals surface area (Å²) in [6.45, 7) is 0. The van der Waals surface area contributed by atoms with Crippen molar-refractivity contribution < 1.29 is 24.1 Å². The highest BCUT2D eigenvalue weighted by molar-refractivity contribution is 6.02. The van der Waals surface area contributed by atoms with Gasteiger partial charge in [0.05, 0.1) is 38.1 Å². The number of hydrogen-bond donors (Lipinski definition) is 2. The van der Waals surface area contributed by atoms with Crippen molar-refractivity contribution in [3.05, 3.63) is 54.1 Å². The molecule has 8 heteroatoms. The molecule has 2 aromatic heterocycles. The molecule has 0 radical (unpaired) electrons. The van der Waals surface area contributed by atoms with Crippen LogP contribution in [-0.2, 0) is 0 Å². The van der Waals surface area contributed by atoms with Gasteiger partial charge in [-0.25, -0.2) is 14.8 Å². The Morgan fingerprint density at radius 3 is 2.20 bits per heavy atom. The van der Waals surface area contributed by atoms with Gasteiger partial charge in [-0.2, -0.15) is 0 Å². The molecule has 0 fully saturated rings. The summed E-state index contributed by atoms with van der Waals surface area (Å²) in [4.78, 5) is 24.2. The van der Waals surface area contributed by atoms with E-state index in [0.29, 0.717) is 45.5 Å². The van der Waals surface area contributed by atoms with Gasteiger partial charge in [-0.15, -0.1) is 0 Å².